The van der Waals surface area contributed by atoms with E-state index in [0.29, 0.717) is 22.7 Å². The van der Waals surface area contributed by atoms with E-state index in [-0.39, 0.29) is 22.3 Å². The normalized spacial score (nSPS) is 27.2. The van der Waals surface area contributed by atoms with Crippen LogP contribution in [-0.4, -0.2) is 6.10 Å². The second kappa shape index (κ2) is 7.99. The predicted octanol–water partition coefficient (Wildman–Crippen LogP) is 8.88. The van der Waals surface area contributed by atoms with Gasteiger partial charge in [0.15, 0.2) is 0 Å². The van der Waals surface area contributed by atoms with Crippen molar-refractivity contribution in [1.82, 2.24) is 0 Å². The fourth-order valence-electron chi connectivity index (χ4n) is 4.95. The third kappa shape index (κ3) is 6.53. The van der Waals surface area contributed by atoms with Gasteiger partial charge in [-0.25, -0.2) is 0 Å². The minimum absolute atomic E-state index is 0.0445. The van der Waals surface area contributed by atoms with E-state index in [1.165, 1.54) is 6.42 Å². The van der Waals surface area contributed by atoms with Gasteiger partial charge in [0.1, 0.15) is 0 Å². The highest BCUT2D eigenvalue weighted by Crippen LogP contribution is 2.53. The summed E-state index contributed by atoms with van der Waals surface area (Å²) in [4.78, 5) is 0. The highest BCUT2D eigenvalue weighted by atomic mass is 16.5. The molecule has 1 aliphatic carbocycles. The Hall–Kier alpha value is -0.460. The van der Waals surface area contributed by atoms with Crippen LogP contribution in [0.4, 0.5) is 0 Å². The largest absolute Gasteiger partial charge is 0.495 e. The Labute approximate surface area is 178 Å². The van der Waals surface area contributed by atoms with Crippen molar-refractivity contribution >= 4 is 0 Å². The topological polar surface area (TPSA) is 9.23 Å². The molecule has 3 atom stereocenters. The summed E-state index contributed by atoms with van der Waals surface area (Å²) in [5.74, 6) is 2.40. The Balaban J connectivity index is 3.12. The lowest BCUT2D eigenvalue weighted by atomic mass is 9.60. The molecule has 28 heavy (non-hydrogen) atoms. The van der Waals surface area contributed by atoms with Crippen molar-refractivity contribution in [2.75, 3.05) is 0 Å². The fourth-order valence-corrected chi connectivity index (χ4v) is 4.95. The highest BCUT2D eigenvalue weighted by Gasteiger charge is 2.46. The van der Waals surface area contributed by atoms with E-state index in [4.69, 9.17) is 4.74 Å². The number of allylic oxidation sites excluding steroid dienone is 1. The molecule has 1 aliphatic rings. The Kier molecular flexibility index (Phi) is 7.30. The lowest BCUT2D eigenvalue weighted by Gasteiger charge is -2.49. The van der Waals surface area contributed by atoms with Crippen LogP contribution < -0.4 is 0 Å². The lowest BCUT2D eigenvalue weighted by Crippen LogP contribution is -2.42. The van der Waals surface area contributed by atoms with Crippen molar-refractivity contribution in [3.8, 4) is 0 Å². The molecule has 0 amide bonds. The Morgan fingerprint density at radius 3 is 1.39 bits per heavy atom. The quantitative estimate of drug-likeness (QED) is 0.434. The molecule has 1 rings (SSSR count). The number of ether oxygens (including phenoxy) is 1. The number of rotatable bonds is 4. The summed E-state index contributed by atoms with van der Waals surface area (Å²) in [5.41, 5.74) is 0.954. The summed E-state index contributed by atoms with van der Waals surface area (Å²) in [5, 5.41) is 0. The first-order valence-electron chi connectivity index (χ1n) is 11.5. The molecular weight excluding hydrogens is 340 g/mol. The molecule has 1 fully saturated rings. The van der Waals surface area contributed by atoms with Crippen molar-refractivity contribution in [3.05, 3.63) is 12.3 Å². The van der Waals surface area contributed by atoms with E-state index in [0.717, 1.165) is 25.0 Å². The van der Waals surface area contributed by atoms with E-state index >= 15 is 0 Å². The summed E-state index contributed by atoms with van der Waals surface area (Å²) in [6.45, 7) is 35.3. The van der Waals surface area contributed by atoms with Crippen LogP contribution in [0.15, 0.2) is 12.3 Å². The van der Waals surface area contributed by atoms with Crippen LogP contribution in [0.1, 0.15) is 116 Å². The van der Waals surface area contributed by atoms with Crippen LogP contribution in [0.2, 0.25) is 0 Å². The second-order valence-corrected chi connectivity index (χ2v) is 14.3. The third-order valence-corrected chi connectivity index (χ3v) is 7.58. The standard InChI is InChI=1S/C27H52O/c1-19(27(14,26(11,12)13)18-23(2,3)4)28-22-16-20(24(5,6)7)15-21(17-22)25(8,9)10/h20-22H,1,15-18H2,2-14H3. The average molecular weight is 393 g/mol. The van der Waals surface area contributed by atoms with Crippen LogP contribution in [0.5, 0.6) is 0 Å². The van der Waals surface area contributed by atoms with Crippen molar-refractivity contribution < 1.29 is 4.74 Å². The summed E-state index contributed by atoms with van der Waals surface area (Å²) in [7, 11) is 0. The molecule has 0 aromatic carbocycles. The average Bonchev–Trinajstić information content (AvgIpc) is 2.41. The zero-order valence-electron chi connectivity index (χ0n) is 21.7. The van der Waals surface area contributed by atoms with Crippen LogP contribution >= 0.6 is 0 Å². The Bertz CT molecular complexity index is 507. The zero-order valence-corrected chi connectivity index (χ0v) is 21.7. The van der Waals surface area contributed by atoms with Crippen LogP contribution in [0, 0.1) is 38.9 Å². The van der Waals surface area contributed by atoms with Gasteiger partial charge in [0, 0.05) is 5.41 Å². The molecule has 0 spiro atoms. The number of hydrogen-bond donors (Lipinski definition) is 0. The SMILES string of the molecule is C=C(OC1CC(C(C)(C)C)CC(C(C)(C)C)C1)C(C)(CC(C)(C)C)C(C)(C)C. The van der Waals surface area contributed by atoms with Gasteiger partial charge in [-0.2, -0.15) is 0 Å². The molecule has 1 heteroatoms. The summed E-state index contributed by atoms with van der Waals surface area (Å²) < 4.78 is 6.79. The lowest BCUT2D eigenvalue weighted by molar-refractivity contribution is -0.0572. The molecule has 1 saturated carbocycles. The molecule has 0 heterocycles. The van der Waals surface area contributed by atoms with Gasteiger partial charge in [-0.15, -0.1) is 0 Å². The van der Waals surface area contributed by atoms with Crippen molar-refractivity contribution in [1.29, 1.82) is 0 Å². The van der Waals surface area contributed by atoms with Crippen molar-refractivity contribution in [2.24, 2.45) is 38.9 Å². The molecule has 0 bridgehead atoms. The first-order chi connectivity index (χ1) is 12.2. The molecular formula is C27H52O. The second-order valence-electron chi connectivity index (χ2n) is 14.3. The Morgan fingerprint density at radius 1 is 0.714 bits per heavy atom. The molecule has 0 N–H and O–H groups in total. The highest BCUT2D eigenvalue weighted by molar-refractivity contribution is 5.09. The monoisotopic (exact) mass is 392 g/mol. The minimum Gasteiger partial charge on any atom is -0.495 e. The van der Waals surface area contributed by atoms with E-state index in [1.807, 2.05) is 0 Å². The smallest absolute Gasteiger partial charge is 0.0988 e. The van der Waals surface area contributed by atoms with Crippen molar-refractivity contribution in [2.45, 2.75) is 122 Å². The summed E-state index contributed by atoms with van der Waals surface area (Å²) >= 11 is 0. The molecule has 1 nitrogen and oxygen atoms in total. The molecule has 0 saturated heterocycles. The van der Waals surface area contributed by atoms with E-state index < -0.39 is 0 Å². The first-order valence-corrected chi connectivity index (χ1v) is 11.5. The van der Waals surface area contributed by atoms with Gasteiger partial charge in [0.25, 0.3) is 0 Å². The number of hydrogen-bond acceptors (Lipinski definition) is 1. The summed E-state index contributed by atoms with van der Waals surface area (Å²) in [6, 6.07) is 0. The van der Waals surface area contributed by atoms with Gasteiger partial charge in [-0.05, 0) is 59.2 Å². The van der Waals surface area contributed by atoms with Gasteiger partial charge < -0.3 is 4.74 Å². The van der Waals surface area contributed by atoms with Gasteiger partial charge >= 0.3 is 0 Å². The van der Waals surface area contributed by atoms with Gasteiger partial charge in [-0.3, -0.25) is 0 Å². The maximum Gasteiger partial charge on any atom is 0.0988 e. The van der Waals surface area contributed by atoms with E-state index in [9.17, 15) is 0 Å². The van der Waals surface area contributed by atoms with Crippen LogP contribution in [0.3, 0.4) is 0 Å². The van der Waals surface area contributed by atoms with Crippen molar-refractivity contribution in [3.63, 3.8) is 0 Å². The van der Waals surface area contributed by atoms with Gasteiger partial charge in [-0.1, -0.05) is 96.6 Å². The van der Waals surface area contributed by atoms with Crippen LogP contribution in [0.25, 0.3) is 0 Å². The minimum atomic E-state index is -0.0445. The van der Waals surface area contributed by atoms with E-state index in [2.05, 4.69) is 96.6 Å². The molecule has 0 aromatic heterocycles. The summed E-state index contributed by atoms with van der Waals surface area (Å²) in [6.07, 6.45) is 5.00. The molecule has 166 valence electrons. The fraction of sp³-hybridized carbons (Fsp3) is 0.926. The Morgan fingerprint density at radius 2 is 1.11 bits per heavy atom. The predicted molar refractivity (Wildman–Crippen MR) is 125 cm³/mol. The zero-order chi connectivity index (χ0) is 22.3. The van der Waals surface area contributed by atoms with Crippen LogP contribution in [-0.2, 0) is 4.74 Å². The van der Waals surface area contributed by atoms with Gasteiger partial charge in [0.05, 0.1) is 11.9 Å². The van der Waals surface area contributed by atoms with E-state index in [1.54, 1.807) is 0 Å². The molecule has 0 aromatic rings. The third-order valence-electron chi connectivity index (χ3n) is 7.58. The molecule has 0 radical (unpaired) electrons. The van der Waals surface area contributed by atoms with Gasteiger partial charge in [0.2, 0.25) is 0 Å². The maximum absolute atomic E-state index is 6.79. The first kappa shape index (κ1) is 25.6. The molecule has 0 aliphatic heterocycles. The molecule has 3 unspecified atom stereocenters. The maximum atomic E-state index is 6.79.